The van der Waals surface area contributed by atoms with Crippen LogP contribution in [0.1, 0.15) is 61.2 Å². The number of alkyl halides is 3. The van der Waals surface area contributed by atoms with Crippen LogP contribution >= 0.6 is 11.6 Å². The van der Waals surface area contributed by atoms with Gasteiger partial charge in [-0.05, 0) is 37.7 Å². The molecule has 3 rings (SSSR count). The zero-order valence-electron chi connectivity index (χ0n) is 14.3. The predicted molar refractivity (Wildman–Crippen MR) is 88.5 cm³/mol. The molecule has 0 aromatic carbocycles. The van der Waals surface area contributed by atoms with E-state index < -0.39 is 17.3 Å². The Labute approximate surface area is 153 Å². The van der Waals surface area contributed by atoms with Gasteiger partial charge in [0.05, 0.1) is 11.6 Å². The summed E-state index contributed by atoms with van der Waals surface area (Å²) in [5.41, 5.74) is -1.67. The fraction of sp³-hybridized carbons (Fsp3) is 0.529. The van der Waals surface area contributed by atoms with Gasteiger partial charge in [-0.2, -0.15) is 14.0 Å². The first-order valence-electron chi connectivity index (χ1n) is 8.18. The van der Waals surface area contributed by atoms with Crippen molar-refractivity contribution in [3.8, 4) is 6.07 Å². The van der Waals surface area contributed by atoms with Crippen LogP contribution in [0.15, 0.2) is 12.4 Å². The average Bonchev–Trinajstić information content (AvgIpc) is 3.01. The molecular formula is C17H17ClF3N5. The molecule has 5 nitrogen and oxygen atoms in total. The molecule has 0 N–H and O–H groups in total. The maximum atomic E-state index is 15.3. The number of aryl methyl sites for hydroxylation is 1. The fourth-order valence-electron chi connectivity index (χ4n) is 3.51. The van der Waals surface area contributed by atoms with E-state index >= 15 is 4.39 Å². The Hall–Kier alpha value is -2.14. The minimum Gasteiger partial charge on any atom is -0.318 e. The molecule has 1 aliphatic rings. The van der Waals surface area contributed by atoms with Crippen molar-refractivity contribution in [2.24, 2.45) is 7.05 Å². The molecule has 0 spiro atoms. The van der Waals surface area contributed by atoms with Crippen LogP contribution in [-0.2, 0) is 18.6 Å². The quantitative estimate of drug-likeness (QED) is 0.738. The highest BCUT2D eigenvalue weighted by atomic mass is 35.5. The summed E-state index contributed by atoms with van der Waals surface area (Å²) in [5.74, 6) is -3.15. The molecule has 1 fully saturated rings. The number of nitriles is 1. The number of hydrogen-bond acceptors (Lipinski definition) is 4. The number of nitrogens with zero attached hydrogens (tertiary/aromatic N) is 5. The van der Waals surface area contributed by atoms with Crippen LogP contribution in [0.4, 0.5) is 13.2 Å². The molecule has 0 aliphatic heterocycles. The van der Waals surface area contributed by atoms with Gasteiger partial charge < -0.3 is 4.57 Å². The van der Waals surface area contributed by atoms with Crippen LogP contribution in [0, 0.1) is 11.3 Å². The molecule has 2 aromatic rings. The monoisotopic (exact) mass is 383 g/mol. The van der Waals surface area contributed by atoms with Gasteiger partial charge in [-0.15, -0.1) is 10.2 Å². The number of rotatable bonds is 3. The molecule has 1 aliphatic carbocycles. The van der Waals surface area contributed by atoms with E-state index in [9.17, 15) is 14.0 Å². The molecule has 0 unspecified atom stereocenters. The van der Waals surface area contributed by atoms with Crippen molar-refractivity contribution in [1.82, 2.24) is 19.7 Å². The minimum atomic E-state index is -3.19. The standard InChI is InChI=1S/C17H17ClF3N5/c1-16(19,20)12-7-11(8-22)13(14(18)24-12)10-3-5-17(21,6-4-10)15-25-23-9-26(15)2/h7,9-10H,3-6H2,1-2H3. The molecule has 2 heterocycles. The molecule has 0 bridgehead atoms. The number of halogens is 4. The van der Waals surface area contributed by atoms with Crippen LogP contribution in [0.25, 0.3) is 0 Å². The maximum absolute atomic E-state index is 15.3. The van der Waals surface area contributed by atoms with E-state index in [-0.39, 0.29) is 35.3 Å². The number of aromatic nitrogens is 4. The lowest BCUT2D eigenvalue weighted by molar-refractivity contribution is 0.0127. The predicted octanol–water partition coefficient (Wildman–Crippen LogP) is 4.37. The van der Waals surface area contributed by atoms with Gasteiger partial charge in [0.15, 0.2) is 11.5 Å². The summed E-state index contributed by atoms with van der Waals surface area (Å²) in [6.07, 6.45) is 2.61. The number of hydrogen-bond donors (Lipinski definition) is 0. The highest BCUT2D eigenvalue weighted by molar-refractivity contribution is 6.30. The van der Waals surface area contributed by atoms with Crippen molar-refractivity contribution in [2.75, 3.05) is 0 Å². The zero-order valence-corrected chi connectivity index (χ0v) is 15.1. The lowest BCUT2D eigenvalue weighted by Crippen LogP contribution is -2.30. The first-order valence-corrected chi connectivity index (χ1v) is 8.56. The van der Waals surface area contributed by atoms with Gasteiger partial charge in [0.2, 0.25) is 0 Å². The maximum Gasteiger partial charge on any atom is 0.287 e. The van der Waals surface area contributed by atoms with E-state index in [1.807, 2.05) is 6.07 Å². The second kappa shape index (κ2) is 6.54. The summed E-state index contributed by atoms with van der Waals surface area (Å²) in [4.78, 5) is 3.77. The highest BCUT2D eigenvalue weighted by Crippen LogP contribution is 2.47. The Kier molecular flexibility index (Phi) is 4.69. The van der Waals surface area contributed by atoms with Gasteiger partial charge in [-0.25, -0.2) is 9.37 Å². The zero-order chi connectivity index (χ0) is 19.1. The molecule has 0 amide bonds. The molecule has 9 heteroatoms. The third-order valence-corrected chi connectivity index (χ3v) is 5.17. The first-order chi connectivity index (χ1) is 12.2. The minimum absolute atomic E-state index is 0.0662. The van der Waals surface area contributed by atoms with Crippen LogP contribution in [0.5, 0.6) is 0 Å². The summed E-state index contributed by atoms with van der Waals surface area (Å²) in [6.45, 7) is 0.700. The van der Waals surface area contributed by atoms with E-state index in [1.54, 1.807) is 11.6 Å². The van der Waals surface area contributed by atoms with Gasteiger partial charge in [0, 0.05) is 19.5 Å². The Balaban J connectivity index is 1.88. The topological polar surface area (TPSA) is 67.4 Å². The van der Waals surface area contributed by atoms with Crippen molar-refractivity contribution in [3.05, 3.63) is 40.2 Å². The van der Waals surface area contributed by atoms with E-state index in [0.717, 1.165) is 6.07 Å². The van der Waals surface area contributed by atoms with Crippen molar-refractivity contribution in [2.45, 2.75) is 50.1 Å². The molecule has 138 valence electrons. The Bertz CT molecular complexity index is 860. The second-order valence-electron chi connectivity index (χ2n) is 6.76. The van der Waals surface area contributed by atoms with E-state index in [1.165, 1.54) is 6.33 Å². The molecule has 0 saturated heterocycles. The first kappa shape index (κ1) is 18.6. The Morgan fingerprint density at radius 1 is 1.38 bits per heavy atom. The van der Waals surface area contributed by atoms with Gasteiger partial charge >= 0.3 is 0 Å². The van der Waals surface area contributed by atoms with Crippen molar-refractivity contribution in [3.63, 3.8) is 0 Å². The lowest BCUT2D eigenvalue weighted by atomic mass is 9.76. The summed E-state index contributed by atoms with van der Waals surface area (Å²) in [7, 11) is 1.68. The third-order valence-electron chi connectivity index (χ3n) is 4.88. The largest absolute Gasteiger partial charge is 0.318 e. The van der Waals surface area contributed by atoms with Crippen molar-refractivity contribution in [1.29, 1.82) is 5.26 Å². The molecule has 1 saturated carbocycles. The normalized spacial score (nSPS) is 23.7. The molecule has 2 aromatic heterocycles. The third kappa shape index (κ3) is 3.28. The van der Waals surface area contributed by atoms with Crippen molar-refractivity contribution < 1.29 is 13.2 Å². The van der Waals surface area contributed by atoms with Gasteiger partial charge in [-0.3, -0.25) is 0 Å². The van der Waals surface area contributed by atoms with Gasteiger partial charge in [0.1, 0.15) is 17.2 Å². The molecule has 0 atom stereocenters. The van der Waals surface area contributed by atoms with Crippen LogP contribution in [0.2, 0.25) is 5.15 Å². The Morgan fingerprint density at radius 2 is 2.04 bits per heavy atom. The van der Waals surface area contributed by atoms with Crippen LogP contribution in [0.3, 0.4) is 0 Å². The van der Waals surface area contributed by atoms with E-state index in [2.05, 4.69) is 15.2 Å². The van der Waals surface area contributed by atoms with Gasteiger partial charge in [-0.1, -0.05) is 11.6 Å². The summed E-state index contributed by atoms with van der Waals surface area (Å²) >= 11 is 6.13. The van der Waals surface area contributed by atoms with E-state index in [0.29, 0.717) is 25.3 Å². The van der Waals surface area contributed by atoms with Crippen LogP contribution in [-0.4, -0.2) is 19.7 Å². The summed E-state index contributed by atoms with van der Waals surface area (Å²) in [5, 5.41) is 16.8. The highest BCUT2D eigenvalue weighted by Gasteiger charge is 2.42. The summed E-state index contributed by atoms with van der Waals surface area (Å²) < 4.78 is 43.9. The van der Waals surface area contributed by atoms with E-state index in [4.69, 9.17) is 11.6 Å². The average molecular weight is 384 g/mol. The lowest BCUT2D eigenvalue weighted by Gasteiger charge is -2.33. The smallest absolute Gasteiger partial charge is 0.287 e. The number of pyridine rings is 1. The molecule has 0 radical (unpaired) electrons. The van der Waals surface area contributed by atoms with Gasteiger partial charge in [0.25, 0.3) is 5.92 Å². The van der Waals surface area contributed by atoms with Crippen LogP contribution < -0.4 is 0 Å². The molecule has 26 heavy (non-hydrogen) atoms. The fourth-order valence-corrected chi connectivity index (χ4v) is 3.85. The molecular weight excluding hydrogens is 367 g/mol. The second-order valence-corrected chi connectivity index (χ2v) is 7.12. The Morgan fingerprint density at radius 3 is 2.54 bits per heavy atom. The van der Waals surface area contributed by atoms with Crippen molar-refractivity contribution >= 4 is 11.6 Å². The SMILES string of the molecule is Cn1cnnc1C1(F)CCC(c2c(C#N)cc(C(C)(F)F)nc2Cl)CC1. The summed E-state index contributed by atoms with van der Waals surface area (Å²) in [6, 6.07) is 3.00.